The maximum atomic E-state index is 12.7. The SMILES string of the molecule is CCOc1c(OCC)c(C(C)(C)C)c([O-])c([O-])c1C(C)(C)C.Cc1cccc(C)c1N=C1C(=Nc2c(C)cccc2C)c2cccc3cccc1c23.[Ni+2]. The molecule has 5 aromatic carbocycles. The summed E-state index contributed by atoms with van der Waals surface area (Å²) >= 11 is 0. The predicted octanol–water partition coefficient (Wildman–Crippen LogP) is 10.6. The van der Waals surface area contributed by atoms with E-state index in [9.17, 15) is 10.2 Å². The van der Waals surface area contributed by atoms with E-state index < -0.39 is 22.3 Å². The molecular formula is C46H52N2NiO4. The zero-order valence-electron chi connectivity index (χ0n) is 33.2. The molecule has 53 heavy (non-hydrogen) atoms. The third-order valence-corrected chi connectivity index (χ3v) is 9.36. The molecule has 5 aromatic rings. The maximum Gasteiger partial charge on any atom is 2.00 e. The minimum atomic E-state index is -0.497. The number of ether oxygens (including phenoxy) is 2. The average molecular weight is 756 g/mol. The molecule has 0 radical (unpaired) electrons. The Kier molecular flexibility index (Phi) is 12.6. The van der Waals surface area contributed by atoms with Crippen LogP contribution in [0.4, 0.5) is 11.4 Å². The van der Waals surface area contributed by atoms with E-state index in [1.54, 1.807) is 0 Å². The van der Waals surface area contributed by atoms with Crippen LogP contribution >= 0.6 is 0 Å². The van der Waals surface area contributed by atoms with Crippen LogP contribution in [0.3, 0.4) is 0 Å². The Bertz CT molecular complexity index is 2010. The van der Waals surface area contributed by atoms with E-state index in [0.29, 0.717) is 35.8 Å². The first-order valence-corrected chi connectivity index (χ1v) is 18.2. The number of benzene rings is 5. The third kappa shape index (κ3) is 8.16. The molecule has 0 bridgehead atoms. The van der Waals surface area contributed by atoms with Gasteiger partial charge in [-0.1, -0.05) is 114 Å². The summed E-state index contributed by atoms with van der Waals surface area (Å²) in [6, 6.07) is 25.6. The smallest absolute Gasteiger partial charge is 0.873 e. The van der Waals surface area contributed by atoms with Gasteiger partial charge in [-0.25, -0.2) is 9.98 Å². The number of rotatable bonds is 6. The van der Waals surface area contributed by atoms with Gasteiger partial charge < -0.3 is 19.7 Å². The Morgan fingerprint density at radius 1 is 0.528 bits per heavy atom. The minimum Gasteiger partial charge on any atom is -0.873 e. The van der Waals surface area contributed by atoms with Gasteiger partial charge >= 0.3 is 16.5 Å². The van der Waals surface area contributed by atoms with Crippen LogP contribution in [0.5, 0.6) is 23.0 Å². The summed E-state index contributed by atoms with van der Waals surface area (Å²) in [7, 11) is 0. The molecule has 1 aliphatic carbocycles. The molecule has 0 spiro atoms. The van der Waals surface area contributed by atoms with Crippen molar-refractivity contribution in [1.82, 2.24) is 0 Å². The van der Waals surface area contributed by atoms with Gasteiger partial charge in [0.1, 0.15) is 0 Å². The van der Waals surface area contributed by atoms with Gasteiger partial charge in [0.05, 0.1) is 36.0 Å². The molecule has 0 N–H and O–H groups in total. The fourth-order valence-electron chi connectivity index (χ4n) is 6.99. The average Bonchev–Trinajstić information content (AvgIpc) is 3.36. The van der Waals surface area contributed by atoms with Crippen LogP contribution in [0, 0.1) is 27.7 Å². The first-order chi connectivity index (χ1) is 24.5. The second-order valence-electron chi connectivity index (χ2n) is 15.5. The van der Waals surface area contributed by atoms with E-state index in [2.05, 4.69) is 100 Å². The van der Waals surface area contributed by atoms with Gasteiger partial charge in [0, 0.05) is 16.5 Å². The van der Waals surface area contributed by atoms with Crippen molar-refractivity contribution < 1.29 is 36.2 Å². The normalized spacial score (nSPS) is 13.9. The minimum absolute atomic E-state index is 0. The number of aliphatic imine (C=N–C) groups is 2. The van der Waals surface area contributed by atoms with Gasteiger partial charge in [-0.05, 0) is 91.1 Å². The largest absolute Gasteiger partial charge is 2.00 e. The molecule has 0 saturated heterocycles. The molecule has 0 aromatic heterocycles. The van der Waals surface area contributed by atoms with Crippen LogP contribution in [0.2, 0.25) is 0 Å². The van der Waals surface area contributed by atoms with Crippen molar-refractivity contribution in [3.63, 3.8) is 0 Å². The monoisotopic (exact) mass is 754 g/mol. The second-order valence-corrected chi connectivity index (χ2v) is 15.5. The van der Waals surface area contributed by atoms with Crippen molar-refractivity contribution >= 4 is 33.6 Å². The Hall–Kier alpha value is -4.61. The van der Waals surface area contributed by atoms with Crippen molar-refractivity contribution in [3.8, 4) is 23.0 Å². The molecule has 280 valence electrons. The van der Waals surface area contributed by atoms with E-state index in [0.717, 1.165) is 33.9 Å². The summed E-state index contributed by atoms with van der Waals surface area (Å²) in [5, 5.41) is 27.8. The van der Waals surface area contributed by atoms with Crippen LogP contribution in [-0.2, 0) is 27.3 Å². The molecule has 0 fully saturated rings. The topological polar surface area (TPSA) is 89.3 Å². The summed E-state index contributed by atoms with van der Waals surface area (Å²) in [5.74, 6) is -0.119. The van der Waals surface area contributed by atoms with E-state index in [-0.39, 0.29) is 16.5 Å². The van der Waals surface area contributed by atoms with E-state index in [4.69, 9.17) is 19.5 Å². The van der Waals surface area contributed by atoms with Gasteiger partial charge in [0.25, 0.3) is 0 Å². The molecule has 0 heterocycles. The van der Waals surface area contributed by atoms with Crippen LogP contribution < -0.4 is 19.7 Å². The zero-order valence-corrected chi connectivity index (χ0v) is 34.2. The number of nitrogens with zero attached hydrogens (tertiary/aromatic N) is 2. The standard InChI is InChI=1S/C28H24N2.C18H30O4.Ni/c1-17-9-5-10-18(2)25(17)29-27-22-15-7-13-21-14-8-16-23(24(21)22)28(27)30-26-19(3)11-6-12-20(26)4;1-9-21-15-11(17(3,4)5)13(19)14(20)12(18(6,7)8)16(15)22-10-2;/h5-16H,1-4H3;19-20H,9-10H2,1-8H3;/q;;+2/p-2. The molecule has 7 heteroatoms. The Morgan fingerprint density at radius 2 is 0.849 bits per heavy atom. The molecule has 0 unspecified atom stereocenters. The third-order valence-electron chi connectivity index (χ3n) is 9.36. The van der Waals surface area contributed by atoms with E-state index in [1.165, 1.54) is 33.0 Å². The van der Waals surface area contributed by atoms with Crippen LogP contribution in [0.1, 0.15) is 99.9 Å². The quantitative estimate of drug-likeness (QED) is 0.161. The molecule has 6 nitrogen and oxygen atoms in total. The first kappa shape index (κ1) is 41.2. The molecule has 1 aliphatic rings. The van der Waals surface area contributed by atoms with E-state index >= 15 is 0 Å². The second kappa shape index (κ2) is 16.2. The molecule has 0 saturated carbocycles. The van der Waals surface area contributed by atoms with Gasteiger partial charge in [-0.3, -0.25) is 0 Å². The molecule has 0 atom stereocenters. The molecule has 0 amide bonds. The predicted molar refractivity (Wildman–Crippen MR) is 213 cm³/mol. The maximum absolute atomic E-state index is 12.7. The van der Waals surface area contributed by atoms with Crippen LogP contribution in [0.25, 0.3) is 10.8 Å². The number of hydrogen-bond acceptors (Lipinski definition) is 6. The van der Waals surface area contributed by atoms with Gasteiger partial charge in [0.2, 0.25) is 0 Å². The Labute approximate surface area is 326 Å². The summed E-state index contributed by atoms with van der Waals surface area (Å²) in [4.78, 5) is 10.4. The molecule has 6 rings (SSSR count). The van der Waals surface area contributed by atoms with E-state index in [1.807, 2.05) is 55.4 Å². The van der Waals surface area contributed by atoms with Gasteiger partial charge in [-0.2, -0.15) is 0 Å². The van der Waals surface area contributed by atoms with Gasteiger partial charge in [-0.15, -0.1) is 11.5 Å². The summed E-state index contributed by atoms with van der Waals surface area (Å²) in [5.41, 5.74) is 10.8. The summed E-state index contributed by atoms with van der Waals surface area (Å²) in [6.45, 7) is 24.4. The van der Waals surface area contributed by atoms with Gasteiger partial charge in [0.15, 0.2) is 11.5 Å². The number of para-hydroxylation sites is 2. The Balaban J connectivity index is 0.000000245. The van der Waals surface area contributed by atoms with Crippen molar-refractivity contribution in [2.75, 3.05) is 13.2 Å². The van der Waals surface area contributed by atoms with Crippen molar-refractivity contribution in [1.29, 1.82) is 0 Å². The van der Waals surface area contributed by atoms with Crippen LogP contribution in [0.15, 0.2) is 82.8 Å². The zero-order chi connectivity index (χ0) is 38.1. The van der Waals surface area contributed by atoms with Crippen molar-refractivity contribution in [2.24, 2.45) is 9.98 Å². The summed E-state index contributed by atoms with van der Waals surface area (Å²) in [6.07, 6.45) is 0. The fraction of sp³-hybridized carbons (Fsp3) is 0.348. The van der Waals surface area contributed by atoms with Crippen LogP contribution in [-0.4, -0.2) is 24.6 Å². The first-order valence-electron chi connectivity index (χ1n) is 18.2. The summed E-state index contributed by atoms with van der Waals surface area (Å²) < 4.78 is 11.5. The number of hydrogen-bond donors (Lipinski definition) is 0. The van der Waals surface area contributed by atoms with Crippen molar-refractivity contribution in [2.45, 2.75) is 93.9 Å². The Morgan fingerprint density at radius 3 is 1.15 bits per heavy atom. The fourth-order valence-corrected chi connectivity index (χ4v) is 6.99. The number of aryl methyl sites for hydroxylation is 4. The molecule has 0 aliphatic heterocycles. The van der Waals surface area contributed by atoms with Crippen molar-refractivity contribution in [3.05, 3.63) is 117 Å². The molecular weight excluding hydrogens is 703 g/mol.